The van der Waals surface area contributed by atoms with Gasteiger partial charge in [0.1, 0.15) is 0 Å². The summed E-state index contributed by atoms with van der Waals surface area (Å²) >= 11 is 1.61. The minimum atomic E-state index is -0.699. The van der Waals surface area contributed by atoms with Crippen LogP contribution >= 0.6 is 11.8 Å². The Hall–Kier alpha value is -3.09. The number of carbonyl (C=O) groups is 1. The summed E-state index contributed by atoms with van der Waals surface area (Å²) in [5, 5.41) is 0.893. The first-order valence-electron chi connectivity index (χ1n) is 9.30. The van der Waals surface area contributed by atoms with Gasteiger partial charge in [-0.2, -0.15) is 11.8 Å². The highest BCUT2D eigenvalue weighted by Gasteiger charge is 2.21. The molecule has 0 spiro atoms. The first-order chi connectivity index (χ1) is 14.1. The van der Waals surface area contributed by atoms with Crippen LogP contribution in [0, 0.1) is 0 Å². The van der Waals surface area contributed by atoms with Gasteiger partial charge in [0.15, 0.2) is 5.43 Å². The van der Waals surface area contributed by atoms with E-state index in [1.807, 2.05) is 36.4 Å². The highest BCUT2D eigenvalue weighted by Crippen LogP contribution is 2.22. The number of nitrogen functional groups attached to an aromatic ring is 1. The molecule has 0 amide bonds. The van der Waals surface area contributed by atoms with Gasteiger partial charge >= 0.3 is 0 Å². The average Bonchev–Trinajstić information content (AvgIpc) is 2.75. The van der Waals surface area contributed by atoms with Crippen LogP contribution in [-0.4, -0.2) is 22.3 Å². The van der Waals surface area contributed by atoms with Crippen LogP contribution in [0.25, 0.3) is 21.8 Å². The molecule has 0 aliphatic carbocycles. The fourth-order valence-corrected chi connectivity index (χ4v) is 4.36. The molecule has 0 radical (unpaired) electrons. The maximum absolute atomic E-state index is 13.3. The summed E-state index contributed by atoms with van der Waals surface area (Å²) in [4.78, 5) is 26.2. The molecule has 4 rings (SSSR count). The third kappa shape index (κ3) is 3.77. The van der Waals surface area contributed by atoms with Crippen molar-refractivity contribution in [1.29, 1.82) is 0 Å². The minimum absolute atomic E-state index is 0.140. The van der Waals surface area contributed by atoms with Crippen molar-refractivity contribution in [3.05, 3.63) is 88.6 Å². The van der Waals surface area contributed by atoms with Gasteiger partial charge in [-0.25, -0.2) is 0 Å². The second-order valence-corrected chi connectivity index (χ2v) is 7.93. The van der Waals surface area contributed by atoms with E-state index < -0.39 is 6.04 Å². The number of nitrogens with zero attached hydrogens (tertiary/aromatic N) is 1. The molecule has 4 aromatic rings. The summed E-state index contributed by atoms with van der Waals surface area (Å²) in [6.45, 7) is 0. The summed E-state index contributed by atoms with van der Waals surface area (Å²) < 4.78 is 1.55. The smallest absolute Gasteiger partial charge is 0.249 e. The Morgan fingerprint density at radius 2 is 1.62 bits per heavy atom. The molecule has 0 unspecified atom stereocenters. The van der Waals surface area contributed by atoms with E-state index >= 15 is 0 Å². The van der Waals surface area contributed by atoms with Gasteiger partial charge in [0, 0.05) is 28.0 Å². The zero-order valence-electron chi connectivity index (χ0n) is 15.7. The van der Waals surface area contributed by atoms with Crippen molar-refractivity contribution in [2.24, 2.45) is 5.73 Å². The molecule has 0 aliphatic rings. The van der Waals surface area contributed by atoms with Crippen molar-refractivity contribution in [3.8, 4) is 0 Å². The average molecular weight is 404 g/mol. The fraction of sp³-hybridized carbons (Fsp3) is 0.130. The van der Waals surface area contributed by atoms with Crippen molar-refractivity contribution in [1.82, 2.24) is 4.57 Å². The highest BCUT2D eigenvalue weighted by atomic mass is 32.2. The number of aromatic nitrogens is 1. The molecule has 5 nitrogen and oxygen atoms in total. The standard InChI is InChI=1S/C23H21N3O2S/c24-16-10-11-21-18(12-16)22(27)17-8-4-5-9-20(17)26(21)23(28)19(25)14-29-13-15-6-2-1-3-7-15/h1-12,19H,13-14,24-25H2/t19-/m0/s1. The lowest BCUT2D eigenvalue weighted by Gasteiger charge is -2.18. The Morgan fingerprint density at radius 1 is 0.931 bits per heavy atom. The number of rotatable bonds is 5. The number of benzene rings is 3. The number of hydrogen-bond acceptors (Lipinski definition) is 5. The maximum Gasteiger partial charge on any atom is 0.249 e. The van der Waals surface area contributed by atoms with Crippen LogP contribution in [0.5, 0.6) is 0 Å². The number of hydrogen-bond donors (Lipinski definition) is 2. The van der Waals surface area contributed by atoms with E-state index in [0.717, 1.165) is 5.75 Å². The topological polar surface area (TPSA) is 91.1 Å². The number of carbonyl (C=O) groups excluding carboxylic acids is 1. The van der Waals surface area contributed by atoms with Gasteiger partial charge < -0.3 is 11.5 Å². The van der Waals surface area contributed by atoms with Crippen LogP contribution in [-0.2, 0) is 5.75 Å². The SMILES string of the molecule is Nc1ccc2c(c1)c(=O)c1ccccc1n2C(=O)[C@@H](N)CSCc1ccccc1. The maximum atomic E-state index is 13.3. The Bertz CT molecular complexity index is 1250. The second-order valence-electron chi connectivity index (χ2n) is 6.90. The van der Waals surface area contributed by atoms with E-state index in [1.54, 1.807) is 52.7 Å². The van der Waals surface area contributed by atoms with Crippen LogP contribution in [0.2, 0.25) is 0 Å². The predicted molar refractivity (Wildman–Crippen MR) is 121 cm³/mol. The number of fused-ring (bicyclic) bond motifs is 2. The summed E-state index contributed by atoms with van der Waals surface area (Å²) in [6.07, 6.45) is 0. The Morgan fingerprint density at radius 3 is 2.41 bits per heavy atom. The lowest BCUT2D eigenvalue weighted by molar-refractivity contribution is 0.0898. The fourth-order valence-electron chi connectivity index (χ4n) is 3.42. The molecule has 1 aromatic heterocycles. The van der Waals surface area contributed by atoms with Gasteiger partial charge in [0.25, 0.3) is 0 Å². The summed E-state index contributed by atoms with van der Waals surface area (Å²) in [7, 11) is 0. The first kappa shape index (κ1) is 19.2. The number of para-hydroxylation sites is 1. The van der Waals surface area contributed by atoms with Crippen molar-refractivity contribution in [3.63, 3.8) is 0 Å². The van der Waals surface area contributed by atoms with Crippen molar-refractivity contribution in [2.75, 3.05) is 11.5 Å². The van der Waals surface area contributed by atoms with Gasteiger partial charge in [-0.15, -0.1) is 0 Å². The molecule has 4 N–H and O–H groups in total. The largest absolute Gasteiger partial charge is 0.399 e. The van der Waals surface area contributed by atoms with E-state index in [0.29, 0.717) is 33.2 Å². The molecule has 29 heavy (non-hydrogen) atoms. The molecule has 146 valence electrons. The van der Waals surface area contributed by atoms with Gasteiger partial charge in [0.05, 0.1) is 17.1 Å². The van der Waals surface area contributed by atoms with Gasteiger partial charge in [0.2, 0.25) is 5.91 Å². The molecule has 0 saturated carbocycles. The second kappa shape index (κ2) is 8.11. The van der Waals surface area contributed by atoms with Gasteiger partial charge in [-0.1, -0.05) is 42.5 Å². The van der Waals surface area contributed by atoms with E-state index in [9.17, 15) is 9.59 Å². The highest BCUT2D eigenvalue weighted by molar-refractivity contribution is 7.98. The quantitative estimate of drug-likeness (QED) is 0.392. The Labute approximate surface area is 172 Å². The third-order valence-corrected chi connectivity index (χ3v) is 5.97. The lowest BCUT2D eigenvalue weighted by atomic mass is 10.1. The molecular weight excluding hydrogens is 382 g/mol. The molecule has 6 heteroatoms. The van der Waals surface area contributed by atoms with E-state index in [2.05, 4.69) is 0 Å². The van der Waals surface area contributed by atoms with E-state index in [-0.39, 0.29) is 11.3 Å². The first-order valence-corrected chi connectivity index (χ1v) is 10.5. The van der Waals surface area contributed by atoms with Crippen molar-refractivity contribution < 1.29 is 4.79 Å². The van der Waals surface area contributed by atoms with Crippen molar-refractivity contribution in [2.45, 2.75) is 11.8 Å². The number of anilines is 1. The third-order valence-electron chi connectivity index (χ3n) is 4.84. The number of nitrogens with two attached hydrogens (primary N) is 2. The molecular formula is C23H21N3O2S. The molecule has 0 bridgehead atoms. The van der Waals surface area contributed by atoms with Crippen LogP contribution in [0.3, 0.4) is 0 Å². The Balaban J connectivity index is 1.70. The number of thioether (sulfide) groups is 1. The Kier molecular flexibility index (Phi) is 5.38. The van der Waals surface area contributed by atoms with Gasteiger partial charge in [-0.05, 0) is 35.9 Å². The molecule has 0 fully saturated rings. The molecule has 1 heterocycles. The van der Waals surface area contributed by atoms with Gasteiger partial charge in [-0.3, -0.25) is 14.2 Å². The van der Waals surface area contributed by atoms with Crippen LogP contribution in [0.15, 0.2) is 77.6 Å². The monoisotopic (exact) mass is 403 g/mol. The number of pyridine rings is 1. The summed E-state index contributed by atoms with van der Waals surface area (Å²) in [6, 6.07) is 21.5. The molecule has 0 aliphatic heterocycles. The zero-order chi connectivity index (χ0) is 20.4. The van der Waals surface area contributed by atoms with E-state index in [4.69, 9.17) is 11.5 Å². The lowest BCUT2D eigenvalue weighted by Crippen LogP contribution is -2.37. The minimum Gasteiger partial charge on any atom is -0.399 e. The normalized spacial score (nSPS) is 12.3. The van der Waals surface area contributed by atoms with Crippen LogP contribution < -0.4 is 16.9 Å². The molecule has 1 atom stereocenters. The summed E-state index contributed by atoms with van der Waals surface area (Å²) in [5.74, 6) is 1.02. The zero-order valence-corrected chi connectivity index (χ0v) is 16.6. The summed E-state index contributed by atoms with van der Waals surface area (Å²) in [5.41, 5.74) is 14.8. The molecule has 0 saturated heterocycles. The predicted octanol–water partition coefficient (Wildman–Crippen LogP) is 3.64. The van der Waals surface area contributed by atoms with Crippen LogP contribution in [0.1, 0.15) is 10.4 Å². The molecule has 3 aromatic carbocycles. The van der Waals surface area contributed by atoms with Crippen molar-refractivity contribution >= 4 is 45.2 Å². The van der Waals surface area contributed by atoms with E-state index in [1.165, 1.54) is 5.56 Å². The van der Waals surface area contributed by atoms with Crippen LogP contribution in [0.4, 0.5) is 5.69 Å².